The number of hydrogen-bond acceptors (Lipinski definition) is 6. The van der Waals surface area contributed by atoms with Crippen LogP contribution in [0.4, 0.5) is 11.4 Å². The van der Waals surface area contributed by atoms with E-state index in [0.29, 0.717) is 11.3 Å². The quantitative estimate of drug-likeness (QED) is 0.507. The highest BCUT2D eigenvalue weighted by atomic mass is 16.6. The normalized spacial score (nSPS) is 16.0. The molecule has 0 radical (unpaired) electrons. The van der Waals surface area contributed by atoms with E-state index in [1.807, 2.05) is 0 Å². The second kappa shape index (κ2) is 5.41. The minimum absolute atomic E-state index is 0.131. The first-order chi connectivity index (χ1) is 11.0. The summed E-state index contributed by atoms with van der Waals surface area (Å²) >= 11 is 0. The maximum Gasteiger partial charge on any atom is 0.342 e. The van der Waals surface area contributed by atoms with Gasteiger partial charge in [0, 0.05) is 17.7 Å². The number of nitrogens with one attached hydrogen (secondary N) is 1. The van der Waals surface area contributed by atoms with Gasteiger partial charge in [-0.3, -0.25) is 10.1 Å². The number of fused-ring (bicyclic) bond motifs is 1. The molecule has 3 rings (SSSR count). The number of carbonyl (C=O) groups excluding carboxylic acids is 1. The Balaban J connectivity index is 2.04. The van der Waals surface area contributed by atoms with E-state index in [2.05, 4.69) is 5.32 Å². The first-order valence-electron chi connectivity index (χ1n) is 6.55. The lowest BCUT2D eigenvalue weighted by Crippen LogP contribution is -2.27. The number of rotatable bonds is 3. The summed E-state index contributed by atoms with van der Waals surface area (Å²) in [4.78, 5) is 33.5. The second-order valence-electron chi connectivity index (χ2n) is 4.81. The van der Waals surface area contributed by atoms with Gasteiger partial charge in [0.25, 0.3) is 5.69 Å². The minimum atomic E-state index is -1.35. The SMILES string of the molecule is O=C1OC(c2ccc([N+](=O)[O-])cc2C(=O)O)Nc2ccccc21. The zero-order valence-electron chi connectivity index (χ0n) is 11.6. The average molecular weight is 314 g/mol. The molecule has 23 heavy (non-hydrogen) atoms. The van der Waals surface area contributed by atoms with Crippen LogP contribution in [0.3, 0.4) is 0 Å². The molecule has 8 heteroatoms. The molecule has 1 aliphatic rings. The number of benzene rings is 2. The summed E-state index contributed by atoms with van der Waals surface area (Å²) in [5.74, 6) is -1.94. The fourth-order valence-electron chi connectivity index (χ4n) is 2.34. The van der Waals surface area contributed by atoms with E-state index in [-0.39, 0.29) is 16.8 Å². The zero-order valence-corrected chi connectivity index (χ0v) is 11.6. The number of cyclic esters (lactones) is 1. The number of carboxylic acid groups (broad SMARTS) is 1. The van der Waals surface area contributed by atoms with Crippen molar-refractivity contribution in [2.45, 2.75) is 6.23 Å². The Hall–Kier alpha value is -3.42. The van der Waals surface area contributed by atoms with Gasteiger partial charge < -0.3 is 15.2 Å². The van der Waals surface area contributed by atoms with Crippen molar-refractivity contribution in [1.29, 1.82) is 0 Å². The van der Waals surface area contributed by atoms with Gasteiger partial charge in [0.1, 0.15) is 0 Å². The van der Waals surface area contributed by atoms with Crippen molar-refractivity contribution in [3.8, 4) is 0 Å². The van der Waals surface area contributed by atoms with Gasteiger partial charge in [-0.05, 0) is 18.2 Å². The van der Waals surface area contributed by atoms with Crippen molar-refractivity contribution in [1.82, 2.24) is 0 Å². The molecule has 2 aromatic rings. The summed E-state index contributed by atoms with van der Waals surface area (Å²) in [6, 6.07) is 10.0. The van der Waals surface area contributed by atoms with Gasteiger partial charge >= 0.3 is 11.9 Å². The summed E-state index contributed by atoms with van der Waals surface area (Å²) in [5, 5.41) is 23.0. The molecule has 0 saturated carbocycles. The van der Waals surface area contributed by atoms with Crippen LogP contribution in [0.25, 0.3) is 0 Å². The Morgan fingerprint density at radius 1 is 1.26 bits per heavy atom. The predicted molar refractivity (Wildman–Crippen MR) is 78.3 cm³/mol. The monoisotopic (exact) mass is 314 g/mol. The summed E-state index contributed by atoms with van der Waals surface area (Å²) in [6.07, 6.45) is -1.04. The van der Waals surface area contributed by atoms with Crippen LogP contribution >= 0.6 is 0 Å². The van der Waals surface area contributed by atoms with Crippen LogP contribution < -0.4 is 5.32 Å². The summed E-state index contributed by atoms with van der Waals surface area (Å²) < 4.78 is 5.21. The van der Waals surface area contributed by atoms with Gasteiger partial charge in [0.05, 0.1) is 21.7 Å². The topological polar surface area (TPSA) is 119 Å². The van der Waals surface area contributed by atoms with E-state index >= 15 is 0 Å². The zero-order chi connectivity index (χ0) is 16.6. The van der Waals surface area contributed by atoms with E-state index in [1.54, 1.807) is 24.3 Å². The van der Waals surface area contributed by atoms with Crippen molar-refractivity contribution < 1.29 is 24.4 Å². The number of carbonyl (C=O) groups is 2. The third-order valence-corrected chi connectivity index (χ3v) is 3.42. The third-order valence-electron chi connectivity index (χ3n) is 3.42. The standard InChI is InChI=1S/C15H10N2O6/c18-14(19)11-7-8(17(21)22)5-6-9(11)13-16-12-4-2-1-3-10(12)15(20)23-13/h1-7,13,16H,(H,18,19). The van der Waals surface area contributed by atoms with Crippen molar-refractivity contribution in [2.75, 3.05) is 5.32 Å². The maximum atomic E-state index is 12.0. The number of aromatic carboxylic acids is 1. The molecular formula is C15H10N2O6. The van der Waals surface area contributed by atoms with Gasteiger partial charge in [0.15, 0.2) is 0 Å². The van der Waals surface area contributed by atoms with Gasteiger partial charge in [0.2, 0.25) is 6.23 Å². The van der Waals surface area contributed by atoms with E-state index in [9.17, 15) is 24.8 Å². The molecule has 0 amide bonds. The fraction of sp³-hybridized carbons (Fsp3) is 0.0667. The second-order valence-corrected chi connectivity index (χ2v) is 4.81. The lowest BCUT2D eigenvalue weighted by atomic mass is 10.0. The van der Waals surface area contributed by atoms with Gasteiger partial charge in [-0.2, -0.15) is 0 Å². The number of carboxylic acids is 1. The van der Waals surface area contributed by atoms with Crippen LogP contribution in [0.1, 0.15) is 32.5 Å². The first-order valence-corrected chi connectivity index (χ1v) is 6.55. The Morgan fingerprint density at radius 2 is 2.00 bits per heavy atom. The number of ether oxygens (including phenoxy) is 1. The highest BCUT2D eigenvalue weighted by molar-refractivity contribution is 5.98. The van der Waals surface area contributed by atoms with Gasteiger partial charge in [-0.1, -0.05) is 12.1 Å². The largest absolute Gasteiger partial charge is 0.478 e. The van der Waals surface area contributed by atoms with Crippen molar-refractivity contribution in [2.24, 2.45) is 0 Å². The summed E-state index contributed by atoms with van der Waals surface area (Å²) in [7, 11) is 0. The van der Waals surface area contributed by atoms with Crippen LogP contribution in [-0.2, 0) is 4.74 Å². The molecule has 0 bridgehead atoms. The highest BCUT2D eigenvalue weighted by Gasteiger charge is 2.30. The molecule has 2 aromatic carbocycles. The summed E-state index contributed by atoms with van der Waals surface area (Å²) in [6.45, 7) is 0. The van der Waals surface area contributed by atoms with Crippen LogP contribution in [0.2, 0.25) is 0 Å². The molecule has 1 heterocycles. The molecule has 116 valence electrons. The molecular weight excluding hydrogens is 304 g/mol. The molecule has 2 N–H and O–H groups in total. The number of nitrogens with zero attached hydrogens (tertiary/aromatic N) is 1. The lowest BCUT2D eigenvalue weighted by Gasteiger charge is -2.27. The number of hydrogen-bond donors (Lipinski definition) is 2. The number of nitro benzene ring substituents is 1. The molecule has 0 aromatic heterocycles. The number of para-hydroxylation sites is 1. The molecule has 1 atom stereocenters. The fourth-order valence-corrected chi connectivity index (χ4v) is 2.34. The summed E-state index contributed by atoms with van der Waals surface area (Å²) in [5.41, 5.74) is 0.314. The molecule has 8 nitrogen and oxygen atoms in total. The van der Waals surface area contributed by atoms with Crippen LogP contribution in [0, 0.1) is 10.1 Å². The molecule has 0 spiro atoms. The molecule has 1 aliphatic heterocycles. The Morgan fingerprint density at radius 3 is 2.70 bits per heavy atom. The van der Waals surface area contributed by atoms with E-state index in [4.69, 9.17) is 4.74 Å². The van der Waals surface area contributed by atoms with Gasteiger partial charge in [-0.25, -0.2) is 9.59 Å². The third kappa shape index (κ3) is 2.57. The van der Waals surface area contributed by atoms with Crippen LogP contribution in [-0.4, -0.2) is 22.0 Å². The number of nitro groups is 1. The Bertz CT molecular complexity index is 832. The van der Waals surface area contributed by atoms with Crippen LogP contribution in [0.15, 0.2) is 42.5 Å². The van der Waals surface area contributed by atoms with Crippen molar-refractivity contribution in [3.63, 3.8) is 0 Å². The van der Waals surface area contributed by atoms with Gasteiger partial charge in [-0.15, -0.1) is 0 Å². The molecule has 1 unspecified atom stereocenters. The van der Waals surface area contributed by atoms with Crippen molar-refractivity contribution >= 4 is 23.3 Å². The molecule has 0 fully saturated rings. The first kappa shape index (κ1) is 14.5. The predicted octanol–water partition coefficient (Wildman–Crippen LogP) is 2.57. The van der Waals surface area contributed by atoms with E-state index < -0.39 is 23.1 Å². The van der Waals surface area contributed by atoms with Crippen LogP contribution in [0.5, 0.6) is 0 Å². The smallest absolute Gasteiger partial charge is 0.342 e. The highest BCUT2D eigenvalue weighted by Crippen LogP contribution is 2.33. The van der Waals surface area contributed by atoms with E-state index in [0.717, 1.165) is 12.1 Å². The number of anilines is 1. The lowest BCUT2D eigenvalue weighted by molar-refractivity contribution is -0.384. The average Bonchev–Trinajstić information content (AvgIpc) is 2.54. The van der Waals surface area contributed by atoms with E-state index in [1.165, 1.54) is 6.07 Å². The Kier molecular flexibility index (Phi) is 3.41. The Labute approximate surface area is 129 Å². The minimum Gasteiger partial charge on any atom is -0.478 e. The maximum absolute atomic E-state index is 12.0. The number of esters is 1. The van der Waals surface area contributed by atoms with Crippen molar-refractivity contribution in [3.05, 3.63) is 69.3 Å². The number of non-ortho nitro benzene ring substituents is 1. The molecule has 0 aliphatic carbocycles. The molecule has 0 saturated heterocycles.